The fraction of sp³-hybridized carbons (Fsp3) is 0.308. The van der Waals surface area contributed by atoms with E-state index in [-0.39, 0.29) is 5.91 Å². The predicted octanol–water partition coefficient (Wildman–Crippen LogP) is 1.14. The van der Waals surface area contributed by atoms with Crippen LogP contribution >= 0.6 is 0 Å². The highest BCUT2D eigenvalue weighted by atomic mass is 16.1. The number of nitrogens with one attached hydrogen (secondary N) is 2. The van der Waals surface area contributed by atoms with Crippen LogP contribution in [-0.4, -0.2) is 34.3 Å². The summed E-state index contributed by atoms with van der Waals surface area (Å²) in [4.78, 5) is 16.0. The minimum absolute atomic E-state index is 0.155. The molecule has 2 N–H and O–H groups in total. The molecule has 0 unspecified atom stereocenters. The molecule has 2 aromatic heterocycles. The monoisotopic (exact) mass is 259 g/mol. The van der Waals surface area contributed by atoms with Gasteiger partial charge in [0.05, 0.1) is 0 Å². The number of rotatable bonds is 6. The fourth-order valence-corrected chi connectivity index (χ4v) is 1.67. The Hall–Kier alpha value is -2.37. The Balaban J connectivity index is 1.77. The molecule has 0 atom stereocenters. The number of hydrogen-bond acceptors (Lipinski definition) is 4. The Morgan fingerprint density at radius 3 is 3.00 bits per heavy atom. The summed E-state index contributed by atoms with van der Waals surface area (Å²) in [5.41, 5.74) is 0.422. The van der Waals surface area contributed by atoms with Crippen molar-refractivity contribution in [2.75, 3.05) is 18.9 Å². The molecule has 2 heterocycles. The molecular formula is C13H17N5O. The van der Waals surface area contributed by atoms with Crippen molar-refractivity contribution in [1.82, 2.24) is 20.1 Å². The Kier molecular flexibility index (Phi) is 4.49. The van der Waals surface area contributed by atoms with Gasteiger partial charge in [0.2, 0.25) is 0 Å². The number of aromatic nitrogens is 3. The van der Waals surface area contributed by atoms with Crippen LogP contribution in [0.5, 0.6) is 0 Å². The van der Waals surface area contributed by atoms with E-state index >= 15 is 0 Å². The first-order valence-corrected chi connectivity index (χ1v) is 6.20. The van der Waals surface area contributed by atoms with Gasteiger partial charge in [-0.1, -0.05) is 6.07 Å². The molecule has 0 aliphatic heterocycles. The van der Waals surface area contributed by atoms with Gasteiger partial charge in [0, 0.05) is 32.5 Å². The molecule has 19 heavy (non-hydrogen) atoms. The zero-order chi connectivity index (χ0) is 13.5. The highest BCUT2D eigenvalue weighted by Gasteiger charge is 2.06. The smallest absolute Gasteiger partial charge is 0.269 e. The van der Waals surface area contributed by atoms with E-state index in [0.717, 1.165) is 13.0 Å². The average molecular weight is 259 g/mol. The molecule has 0 saturated carbocycles. The van der Waals surface area contributed by atoms with Crippen molar-refractivity contribution in [3.63, 3.8) is 0 Å². The van der Waals surface area contributed by atoms with E-state index in [4.69, 9.17) is 0 Å². The lowest BCUT2D eigenvalue weighted by Gasteiger charge is -2.06. The van der Waals surface area contributed by atoms with E-state index in [0.29, 0.717) is 18.1 Å². The summed E-state index contributed by atoms with van der Waals surface area (Å²) in [6, 6.07) is 7.20. The van der Waals surface area contributed by atoms with Crippen LogP contribution in [0.3, 0.4) is 0 Å². The maximum atomic E-state index is 11.9. The molecular weight excluding hydrogens is 242 g/mol. The van der Waals surface area contributed by atoms with Crippen LogP contribution in [0.15, 0.2) is 36.7 Å². The molecule has 0 spiro atoms. The normalized spacial score (nSPS) is 10.2. The third-order valence-electron chi connectivity index (χ3n) is 2.65. The number of aryl methyl sites for hydroxylation is 1. The lowest BCUT2D eigenvalue weighted by Crippen LogP contribution is -2.26. The Bertz CT molecular complexity index is 524. The lowest BCUT2D eigenvalue weighted by atomic mass is 10.3. The molecule has 0 aromatic carbocycles. The van der Waals surface area contributed by atoms with Gasteiger partial charge in [0.25, 0.3) is 5.91 Å². The van der Waals surface area contributed by atoms with Crippen molar-refractivity contribution in [3.05, 3.63) is 42.4 Å². The first-order valence-electron chi connectivity index (χ1n) is 6.20. The Morgan fingerprint density at radius 2 is 2.26 bits per heavy atom. The number of carbonyl (C=O) groups is 1. The van der Waals surface area contributed by atoms with Crippen molar-refractivity contribution >= 4 is 11.7 Å². The maximum Gasteiger partial charge on any atom is 0.269 e. The number of carbonyl (C=O) groups excluding carboxylic acids is 1. The molecule has 0 radical (unpaired) electrons. The number of hydrogen-bond donors (Lipinski definition) is 2. The predicted molar refractivity (Wildman–Crippen MR) is 73.0 cm³/mol. The van der Waals surface area contributed by atoms with Crippen LogP contribution in [0.2, 0.25) is 0 Å². The van der Waals surface area contributed by atoms with Gasteiger partial charge < -0.3 is 10.6 Å². The van der Waals surface area contributed by atoms with Gasteiger partial charge in [-0.05, 0) is 24.6 Å². The number of nitrogens with zero attached hydrogens (tertiary/aromatic N) is 3. The van der Waals surface area contributed by atoms with Gasteiger partial charge >= 0.3 is 0 Å². The van der Waals surface area contributed by atoms with Crippen LogP contribution in [0.25, 0.3) is 0 Å². The van der Waals surface area contributed by atoms with E-state index in [1.807, 2.05) is 23.0 Å². The summed E-state index contributed by atoms with van der Waals surface area (Å²) in [6.45, 7) is 1.39. The molecule has 1 amide bonds. The van der Waals surface area contributed by atoms with E-state index in [2.05, 4.69) is 20.7 Å². The third-order valence-corrected chi connectivity index (χ3v) is 2.65. The largest absolute Gasteiger partial charge is 0.373 e. The number of amides is 1. The first kappa shape index (κ1) is 13.1. The minimum Gasteiger partial charge on any atom is -0.373 e. The van der Waals surface area contributed by atoms with E-state index < -0.39 is 0 Å². The SMILES string of the molecule is CNc1cccc(C(=O)NCCCn2cccn2)n1. The van der Waals surface area contributed by atoms with Crippen molar-refractivity contribution in [1.29, 1.82) is 0 Å². The van der Waals surface area contributed by atoms with Crippen LogP contribution in [0, 0.1) is 0 Å². The van der Waals surface area contributed by atoms with Crippen LogP contribution < -0.4 is 10.6 Å². The standard InChI is InChI=1S/C13H17N5O/c1-14-12-6-2-5-11(17-12)13(19)15-7-3-9-18-10-4-8-16-18/h2,4-6,8,10H,3,7,9H2,1H3,(H,14,17)(H,15,19). The average Bonchev–Trinajstić information content (AvgIpc) is 2.96. The second-order valence-corrected chi connectivity index (χ2v) is 4.04. The van der Waals surface area contributed by atoms with Crippen molar-refractivity contribution in [3.8, 4) is 0 Å². The molecule has 0 saturated heterocycles. The van der Waals surface area contributed by atoms with Gasteiger partial charge in [-0.3, -0.25) is 9.48 Å². The second kappa shape index (κ2) is 6.53. The van der Waals surface area contributed by atoms with Gasteiger partial charge in [0.15, 0.2) is 0 Å². The summed E-state index contributed by atoms with van der Waals surface area (Å²) in [6.07, 6.45) is 4.48. The molecule has 2 rings (SSSR count). The first-order chi connectivity index (χ1) is 9.29. The second-order valence-electron chi connectivity index (χ2n) is 4.04. The number of pyridine rings is 1. The van der Waals surface area contributed by atoms with Gasteiger partial charge in [-0.2, -0.15) is 5.10 Å². The van der Waals surface area contributed by atoms with Gasteiger partial charge in [-0.25, -0.2) is 4.98 Å². The van der Waals surface area contributed by atoms with Crippen molar-refractivity contribution < 1.29 is 4.79 Å². The molecule has 0 aliphatic rings. The van der Waals surface area contributed by atoms with Crippen molar-refractivity contribution in [2.24, 2.45) is 0 Å². The van der Waals surface area contributed by atoms with Gasteiger partial charge in [-0.15, -0.1) is 0 Å². The zero-order valence-corrected chi connectivity index (χ0v) is 10.8. The maximum absolute atomic E-state index is 11.9. The van der Waals surface area contributed by atoms with Crippen molar-refractivity contribution in [2.45, 2.75) is 13.0 Å². The molecule has 0 fully saturated rings. The Morgan fingerprint density at radius 1 is 1.37 bits per heavy atom. The molecule has 100 valence electrons. The third kappa shape index (κ3) is 3.80. The summed E-state index contributed by atoms with van der Waals surface area (Å²) < 4.78 is 1.84. The van der Waals surface area contributed by atoms with E-state index in [1.54, 1.807) is 25.4 Å². The van der Waals surface area contributed by atoms with Crippen LogP contribution in [0.4, 0.5) is 5.82 Å². The molecule has 0 aliphatic carbocycles. The number of anilines is 1. The van der Waals surface area contributed by atoms with E-state index in [9.17, 15) is 4.79 Å². The van der Waals surface area contributed by atoms with Crippen LogP contribution in [0.1, 0.15) is 16.9 Å². The lowest BCUT2D eigenvalue weighted by molar-refractivity contribution is 0.0948. The summed E-state index contributed by atoms with van der Waals surface area (Å²) in [7, 11) is 1.77. The summed E-state index contributed by atoms with van der Waals surface area (Å²) >= 11 is 0. The zero-order valence-electron chi connectivity index (χ0n) is 10.8. The molecule has 0 bridgehead atoms. The molecule has 6 heteroatoms. The van der Waals surface area contributed by atoms with Gasteiger partial charge in [0.1, 0.15) is 11.5 Å². The fourth-order valence-electron chi connectivity index (χ4n) is 1.67. The highest BCUT2D eigenvalue weighted by Crippen LogP contribution is 2.03. The molecule has 6 nitrogen and oxygen atoms in total. The summed E-state index contributed by atoms with van der Waals surface area (Å²) in [5.74, 6) is 0.529. The van der Waals surface area contributed by atoms with Crippen LogP contribution in [-0.2, 0) is 6.54 Å². The summed E-state index contributed by atoms with van der Waals surface area (Å²) in [5, 5.41) is 9.84. The quantitative estimate of drug-likeness (QED) is 0.763. The topological polar surface area (TPSA) is 71.8 Å². The minimum atomic E-state index is -0.155. The van der Waals surface area contributed by atoms with E-state index in [1.165, 1.54) is 0 Å². The molecule has 2 aromatic rings. The highest BCUT2D eigenvalue weighted by molar-refractivity contribution is 5.92. The Labute approximate surface area is 111 Å².